The second-order valence-corrected chi connectivity index (χ2v) is 4.15. The Balaban J connectivity index is 2.71. The number of para-hydroxylation sites is 1. The molecule has 112 valence electrons. The van der Waals surface area contributed by atoms with Crippen LogP contribution in [0, 0.1) is 0 Å². The number of halogens is 3. The average molecular weight is 290 g/mol. The number of likely N-dealkylation sites (N-methyl/N-ethyl adjacent to an activating group) is 1. The standard InChI is InChI=1S/C13H17F3N2O2/c1-9(12(19)18-8-7-17-2)20-11-6-4-3-5-10(11)13(14,15)16/h3-6,9,17H,7-8H2,1-2H3,(H,18,19). The van der Waals surface area contributed by atoms with Crippen LogP contribution in [0.1, 0.15) is 12.5 Å². The number of alkyl halides is 3. The number of amides is 1. The molecule has 0 spiro atoms. The smallest absolute Gasteiger partial charge is 0.419 e. The van der Waals surface area contributed by atoms with Crippen LogP contribution in [-0.4, -0.2) is 32.1 Å². The molecule has 0 aliphatic heterocycles. The third-order valence-electron chi connectivity index (χ3n) is 2.54. The molecule has 0 saturated carbocycles. The van der Waals surface area contributed by atoms with E-state index in [0.717, 1.165) is 6.07 Å². The third-order valence-corrected chi connectivity index (χ3v) is 2.54. The molecule has 1 aromatic rings. The van der Waals surface area contributed by atoms with Gasteiger partial charge in [0.1, 0.15) is 5.75 Å². The first kappa shape index (κ1) is 16.3. The molecule has 1 rings (SSSR count). The molecule has 0 aliphatic rings. The first-order valence-electron chi connectivity index (χ1n) is 6.11. The van der Waals surface area contributed by atoms with Crippen molar-refractivity contribution in [1.29, 1.82) is 0 Å². The van der Waals surface area contributed by atoms with Crippen molar-refractivity contribution >= 4 is 5.91 Å². The van der Waals surface area contributed by atoms with Crippen LogP contribution in [0.25, 0.3) is 0 Å². The molecule has 0 fully saturated rings. The molecule has 0 bridgehead atoms. The van der Waals surface area contributed by atoms with Crippen LogP contribution in [0.5, 0.6) is 5.75 Å². The van der Waals surface area contributed by atoms with Crippen molar-refractivity contribution in [2.75, 3.05) is 20.1 Å². The number of benzene rings is 1. The summed E-state index contributed by atoms with van der Waals surface area (Å²) in [6.45, 7) is 2.35. The van der Waals surface area contributed by atoms with Gasteiger partial charge in [-0.15, -0.1) is 0 Å². The summed E-state index contributed by atoms with van der Waals surface area (Å²) >= 11 is 0. The summed E-state index contributed by atoms with van der Waals surface area (Å²) < 4.78 is 43.4. The highest BCUT2D eigenvalue weighted by molar-refractivity contribution is 5.80. The first-order valence-corrected chi connectivity index (χ1v) is 6.11. The van der Waals surface area contributed by atoms with Crippen LogP contribution in [0.3, 0.4) is 0 Å². The van der Waals surface area contributed by atoms with Gasteiger partial charge in [-0.25, -0.2) is 0 Å². The van der Waals surface area contributed by atoms with Gasteiger partial charge in [0, 0.05) is 13.1 Å². The van der Waals surface area contributed by atoms with E-state index in [1.165, 1.54) is 25.1 Å². The molecule has 0 radical (unpaired) electrons. The van der Waals surface area contributed by atoms with Crippen LogP contribution in [0.4, 0.5) is 13.2 Å². The zero-order chi connectivity index (χ0) is 15.2. The Morgan fingerprint density at radius 1 is 1.30 bits per heavy atom. The van der Waals surface area contributed by atoms with Crippen LogP contribution in [0.2, 0.25) is 0 Å². The van der Waals surface area contributed by atoms with Crippen molar-refractivity contribution < 1.29 is 22.7 Å². The maximum Gasteiger partial charge on any atom is 0.419 e. The van der Waals surface area contributed by atoms with E-state index < -0.39 is 23.8 Å². The zero-order valence-corrected chi connectivity index (χ0v) is 11.3. The van der Waals surface area contributed by atoms with Gasteiger partial charge in [0.05, 0.1) is 5.56 Å². The lowest BCUT2D eigenvalue weighted by molar-refractivity contribution is -0.140. The molecule has 0 heterocycles. The number of hydrogen-bond acceptors (Lipinski definition) is 3. The molecule has 1 amide bonds. The second-order valence-electron chi connectivity index (χ2n) is 4.15. The number of carbonyl (C=O) groups excluding carboxylic acids is 1. The average Bonchev–Trinajstić information content (AvgIpc) is 2.38. The predicted molar refractivity (Wildman–Crippen MR) is 68.5 cm³/mol. The van der Waals surface area contributed by atoms with Gasteiger partial charge in [0.15, 0.2) is 6.10 Å². The lowest BCUT2D eigenvalue weighted by Crippen LogP contribution is -2.39. The van der Waals surface area contributed by atoms with E-state index in [1.807, 2.05) is 0 Å². The summed E-state index contributed by atoms with van der Waals surface area (Å²) in [4.78, 5) is 11.6. The van der Waals surface area contributed by atoms with Crippen molar-refractivity contribution in [3.05, 3.63) is 29.8 Å². The number of carbonyl (C=O) groups is 1. The fraction of sp³-hybridized carbons (Fsp3) is 0.462. The Kier molecular flexibility index (Phi) is 5.82. The molecule has 1 aromatic carbocycles. The topological polar surface area (TPSA) is 50.4 Å². The van der Waals surface area contributed by atoms with Gasteiger partial charge >= 0.3 is 6.18 Å². The molecular weight excluding hydrogens is 273 g/mol. The molecule has 7 heteroatoms. The lowest BCUT2D eigenvalue weighted by atomic mass is 10.2. The number of rotatable bonds is 6. The van der Waals surface area contributed by atoms with Crippen LogP contribution >= 0.6 is 0 Å². The van der Waals surface area contributed by atoms with Crippen molar-refractivity contribution in [2.24, 2.45) is 0 Å². The van der Waals surface area contributed by atoms with E-state index in [9.17, 15) is 18.0 Å². The zero-order valence-electron chi connectivity index (χ0n) is 11.3. The molecule has 20 heavy (non-hydrogen) atoms. The van der Waals surface area contributed by atoms with Crippen molar-refractivity contribution in [3.8, 4) is 5.75 Å². The van der Waals surface area contributed by atoms with Gasteiger partial charge in [-0.2, -0.15) is 13.2 Å². The Bertz CT molecular complexity index is 449. The fourth-order valence-electron chi connectivity index (χ4n) is 1.50. The third kappa shape index (κ3) is 4.73. The minimum atomic E-state index is -4.51. The molecule has 1 atom stereocenters. The Morgan fingerprint density at radius 2 is 1.95 bits per heavy atom. The maximum atomic E-state index is 12.8. The quantitative estimate of drug-likeness (QED) is 0.786. The van der Waals surface area contributed by atoms with Gasteiger partial charge in [-0.05, 0) is 26.1 Å². The summed E-state index contributed by atoms with van der Waals surface area (Å²) in [5, 5.41) is 5.39. The number of hydrogen-bond donors (Lipinski definition) is 2. The second kappa shape index (κ2) is 7.14. The molecule has 0 aliphatic carbocycles. The summed E-state index contributed by atoms with van der Waals surface area (Å²) in [7, 11) is 1.73. The van der Waals surface area contributed by atoms with Gasteiger partial charge in [-0.3, -0.25) is 4.79 Å². The Morgan fingerprint density at radius 3 is 2.55 bits per heavy atom. The van der Waals surface area contributed by atoms with Crippen LogP contribution in [-0.2, 0) is 11.0 Å². The van der Waals surface area contributed by atoms with E-state index in [2.05, 4.69) is 10.6 Å². The molecule has 4 nitrogen and oxygen atoms in total. The van der Waals surface area contributed by atoms with Crippen molar-refractivity contribution in [1.82, 2.24) is 10.6 Å². The molecule has 1 unspecified atom stereocenters. The number of ether oxygens (including phenoxy) is 1. The van der Waals surface area contributed by atoms with Crippen LogP contribution < -0.4 is 15.4 Å². The highest BCUT2D eigenvalue weighted by Crippen LogP contribution is 2.36. The van der Waals surface area contributed by atoms with Crippen LogP contribution in [0.15, 0.2) is 24.3 Å². The summed E-state index contributed by atoms with van der Waals surface area (Å²) in [5.74, 6) is -0.812. The van der Waals surface area contributed by atoms with E-state index >= 15 is 0 Å². The normalized spacial score (nSPS) is 12.8. The highest BCUT2D eigenvalue weighted by Gasteiger charge is 2.34. The first-order chi connectivity index (χ1) is 9.36. The molecule has 2 N–H and O–H groups in total. The number of nitrogens with one attached hydrogen (secondary N) is 2. The van der Waals surface area contributed by atoms with Crippen molar-refractivity contribution in [2.45, 2.75) is 19.2 Å². The molecule has 0 aromatic heterocycles. The SMILES string of the molecule is CNCCNC(=O)C(C)Oc1ccccc1C(F)(F)F. The largest absolute Gasteiger partial charge is 0.480 e. The Hall–Kier alpha value is -1.76. The summed E-state index contributed by atoms with van der Waals surface area (Å²) in [5.41, 5.74) is -0.894. The Labute approximate surface area is 115 Å². The lowest BCUT2D eigenvalue weighted by Gasteiger charge is -2.18. The monoisotopic (exact) mass is 290 g/mol. The van der Waals surface area contributed by atoms with E-state index in [0.29, 0.717) is 13.1 Å². The van der Waals surface area contributed by atoms with E-state index in [-0.39, 0.29) is 5.75 Å². The van der Waals surface area contributed by atoms with Gasteiger partial charge < -0.3 is 15.4 Å². The highest BCUT2D eigenvalue weighted by atomic mass is 19.4. The van der Waals surface area contributed by atoms with Gasteiger partial charge in [0.25, 0.3) is 5.91 Å². The minimum absolute atomic E-state index is 0.351. The fourth-order valence-corrected chi connectivity index (χ4v) is 1.50. The van der Waals surface area contributed by atoms with E-state index in [4.69, 9.17) is 4.74 Å². The minimum Gasteiger partial charge on any atom is -0.480 e. The summed E-state index contributed by atoms with van der Waals surface area (Å²) in [6, 6.07) is 4.81. The van der Waals surface area contributed by atoms with Crippen molar-refractivity contribution in [3.63, 3.8) is 0 Å². The maximum absolute atomic E-state index is 12.8. The van der Waals surface area contributed by atoms with E-state index in [1.54, 1.807) is 7.05 Å². The van der Waals surface area contributed by atoms with Gasteiger partial charge in [-0.1, -0.05) is 12.1 Å². The predicted octanol–water partition coefficient (Wildman–Crippen LogP) is 1.81. The van der Waals surface area contributed by atoms with Gasteiger partial charge in [0.2, 0.25) is 0 Å². The summed E-state index contributed by atoms with van der Waals surface area (Å²) in [6.07, 6.45) is -5.52. The molecule has 0 saturated heterocycles. The molecular formula is C13H17F3N2O2.